The average Bonchev–Trinajstić information content (AvgIpc) is 2.30. The molecule has 5 nitrogen and oxygen atoms in total. The number of aliphatic carboxylic acids is 1. The number of hydrogen-bond donors (Lipinski definition) is 3. The molecular weight excluding hydrogens is 234 g/mol. The van der Waals surface area contributed by atoms with Crippen molar-refractivity contribution in [1.29, 1.82) is 0 Å². The summed E-state index contributed by atoms with van der Waals surface area (Å²) in [6.45, 7) is 3.57. The lowest BCUT2D eigenvalue weighted by molar-refractivity contribution is -0.146. The second-order valence-corrected chi connectivity index (χ2v) is 4.26. The Morgan fingerprint density at radius 2 is 2.00 bits per heavy atom. The van der Waals surface area contributed by atoms with Crippen LogP contribution in [0.3, 0.4) is 0 Å². The van der Waals surface area contributed by atoms with Gasteiger partial charge in [0.25, 0.3) is 0 Å². The Labute approximate surface area is 105 Å². The molecule has 0 heterocycles. The molecule has 1 unspecified atom stereocenters. The zero-order valence-electron chi connectivity index (χ0n) is 10.4. The van der Waals surface area contributed by atoms with E-state index in [4.69, 9.17) is 10.2 Å². The monoisotopic (exact) mass is 251 g/mol. The molecule has 98 valence electrons. The molecule has 0 aromatic heterocycles. The summed E-state index contributed by atoms with van der Waals surface area (Å²) in [5.74, 6) is -1.65. The Morgan fingerprint density at radius 1 is 1.33 bits per heavy atom. The summed E-state index contributed by atoms with van der Waals surface area (Å²) < 4.78 is 0. The van der Waals surface area contributed by atoms with Crippen LogP contribution in [0.4, 0.5) is 0 Å². The third kappa shape index (κ3) is 4.18. The minimum Gasteiger partial charge on any atom is -0.479 e. The molecule has 1 atom stereocenters. The molecule has 0 saturated carbocycles. The van der Waals surface area contributed by atoms with Gasteiger partial charge in [-0.05, 0) is 25.0 Å². The van der Waals surface area contributed by atoms with Crippen LogP contribution in [0, 0.1) is 13.8 Å². The molecule has 3 N–H and O–H groups in total. The number of aliphatic hydroxyl groups excluding tert-OH is 1. The fourth-order valence-electron chi connectivity index (χ4n) is 1.52. The Morgan fingerprint density at radius 3 is 2.61 bits per heavy atom. The molecule has 0 aliphatic rings. The van der Waals surface area contributed by atoms with Crippen LogP contribution in [0.15, 0.2) is 18.2 Å². The van der Waals surface area contributed by atoms with Crippen molar-refractivity contribution in [3.8, 4) is 0 Å². The van der Waals surface area contributed by atoms with Gasteiger partial charge in [0.05, 0.1) is 13.0 Å². The van der Waals surface area contributed by atoms with Crippen LogP contribution in [0.2, 0.25) is 0 Å². The number of hydrogen-bond acceptors (Lipinski definition) is 3. The van der Waals surface area contributed by atoms with E-state index in [1.165, 1.54) is 0 Å². The maximum atomic E-state index is 11.6. The molecule has 5 heteroatoms. The minimum atomic E-state index is -1.56. The number of amides is 1. The van der Waals surface area contributed by atoms with Crippen LogP contribution in [-0.4, -0.2) is 34.7 Å². The molecule has 1 aromatic rings. The molecule has 0 radical (unpaired) electrons. The molecule has 0 aliphatic carbocycles. The van der Waals surface area contributed by atoms with Gasteiger partial charge < -0.3 is 15.5 Å². The molecular formula is C13H17NO4. The first-order chi connectivity index (χ1) is 8.40. The maximum Gasteiger partial charge on any atom is 0.334 e. The fourth-order valence-corrected chi connectivity index (χ4v) is 1.52. The van der Waals surface area contributed by atoms with Gasteiger partial charge in [-0.2, -0.15) is 0 Å². The summed E-state index contributed by atoms with van der Waals surface area (Å²) in [4.78, 5) is 22.0. The highest BCUT2D eigenvalue weighted by Crippen LogP contribution is 2.11. The van der Waals surface area contributed by atoms with E-state index in [0.29, 0.717) is 0 Å². The van der Waals surface area contributed by atoms with Gasteiger partial charge in [0, 0.05) is 0 Å². The van der Waals surface area contributed by atoms with Crippen LogP contribution in [-0.2, 0) is 16.0 Å². The van der Waals surface area contributed by atoms with Crippen LogP contribution < -0.4 is 5.32 Å². The molecule has 18 heavy (non-hydrogen) atoms. The first-order valence-corrected chi connectivity index (χ1v) is 5.64. The average molecular weight is 251 g/mol. The Hall–Kier alpha value is -1.88. The van der Waals surface area contributed by atoms with Crippen molar-refractivity contribution in [2.24, 2.45) is 0 Å². The number of carboxylic acids is 1. The number of carbonyl (C=O) groups is 2. The van der Waals surface area contributed by atoms with Crippen molar-refractivity contribution in [2.75, 3.05) is 6.54 Å². The maximum absolute atomic E-state index is 11.6. The van der Waals surface area contributed by atoms with Gasteiger partial charge in [-0.15, -0.1) is 0 Å². The van der Waals surface area contributed by atoms with E-state index >= 15 is 0 Å². The lowest BCUT2D eigenvalue weighted by Gasteiger charge is -2.09. The molecule has 0 fully saturated rings. The highest BCUT2D eigenvalue weighted by atomic mass is 16.4. The first kappa shape index (κ1) is 14.2. The molecule has 0 bridgehead atoms. The number of carboxylic acid groups (broad SMARTS) is 1. The number of nitrogens with one attached hydrogen (secondary N) is 1. The van der Waals surface area contributed by atoms with E-state index in [1.807, 2.05) is 32.0 Å². The first-order valence-electron chi connectivity index (χ1n) is 5.64. The molecule has 0 spiro atoms. The highest BCUT2D eigenvalue weighted by molar-refractivity contribution is 5.80. The number of rotatable bonds is 5. The fraction of sp³-hybridized carbons (Fsp3) is 0.385. The molecule has 0 aliphatic heterocycles. The second kappa shape index (κ2) is 6.16. The Bertz CT molecular complexity index is 456. The van der Waals surface area contributed by atoms with Gasteiger partial charge in [-0.25, -0.2) is 4.79 Å². The van der Waals surface area contributed by atoms with Gasteiger partial charge in [-0.1, -0.05) is 23.8 Å². The predicted molar refractivity (Wildman–Crippen MR) is 66.3 cm³/mol. The lowest BCUT2D eigenvalue weighted by Crippen LogP contribution is -2.37. The number of benzene rings is 1. The summed E-state index contributed by atoms with van der Waals surface area (Å²) in [5.41, 5.74) is 2.97. The van der Waals surface area contributed by atoms with Crippen molar-refractivity contribution in [1.82, 2.24) is 5.32 Å². The van der Waals surface area contributed by atoms with Crippen molar-refractivity contribution in [2.45, 2.75) is 26.4 Å². The van der Waals surface area contributed by atoms with Crippen molar-refractivity contribution in [3.05, 3.63) is 34.9 Å². The van der Waals surface area contributed by atoms with Crippen molar-refractivity contribution < 1.29 is 19.8 Å². The van der Waals surface area contributed by atoms with E-state index in [-0.39, 0.29) is 18.9 Å². The van der Waals surface area contributed by atoms with Gasteiger partial charge in [0.15, 0.2) is 6.10 Å². The highest BCUT2D eigenvalue weighted by Gasteiger charge is 2.14. The Kier molecular flexibility index (Phi) is 4.85. The number of aliphatic hydroxyl groups is 1. The summed E-state index contributed by atoms with van der Waals surface area (Å²) in [5, 5.41) is 19.9. The minimum absolute atomic E-state index is 0.180. The van der Waals surface area contributed by atoms with Gasteiger partial charge in [-0.3, -0.25) is 4.79 Å². The number of aryl methyl sites for hydroxylation is 2. The Balaban J connectivity index is 2.54. The van der Waals surface area contributed by atoms with E-state index in [2.05, 4.69) is 5.32 Å². The van der Waals surface area contributed by atoms with Gasteiger partial charge in [0.2, 0.25) is 5.91 Å². The zero-order chi connectivity index (χ0) is 13.7. The van der Waals surface area contributed by atoms with Crippen LogP contribution in [0.1, 0.15) is 16.7 Å². The summed E-state index contributed by atoms with van der Waals surface area (Å²) in [6, 6.07) is 5.82. The van der Waals surface area contributed by atoms with Gasteiger partial charge >= 0.3 is 5.97 Å². The lowest BCUT2D eigenvalue weighted by atomic mass is 10.0. The van der Waals surface area contributed by atoms with E-state index in [1.54, 1.807) is 0 Å². The molecule has 1 amide bonds. The smallest absolute Gasteiger partial charge is 0.334 e. The number of carbonyl (C=O) groups excluding carboxylic acids is 1. The largest absolute Gasteiger partial charge is 0.479 e. The second-order valence-electron chi connectivity index (χ2n) is 4.26. The topological polar surface area (TPSA) is 86.6 Å². The summed E-state index contributed by atoms with van der Waals surface area (Å²) in [7, 11) is 0. The zero-order valence-corrected chi connectivity index (χ0v) is 10.4. The van der Waals surface area contributed by atoms with Crippen LogP contribution >= 0.6 is 0 Å². The molecule has 0 saturated heterocycles. The van der Waals surface area contributed by atoms with E-state index in [9.17, 15) is 9.59 Å². The van der Waals surface area contributed by atoms with Crippen molar-refractivity contribution >= 4 is 11.9 Å². The van der Waals surface area contributed by atoms with E-state index in [0.717, 1.165) is 16.7 Å². The van der Waals surface area contributed by atoms with Crippen LogP contribution in [0.25, 0.3) is 0 Å². The summed E-state index contributed by atoms with van der Waals surface area (Å²) in [6.07, 6.45) is -1.38. The molecule has 1 rings (SSSR count). The predicted octanol–water partition coefficient (Wildman–Crippen LogP) is 0.408. The van der Waals surface area contributed by atoms with Crippen LogP contribution in [0.5, 0.6) is 0 Å². The summed E-state index contributed by atoms with van der Waals surface area (Å²) >= 11 is 0. The standard InChI is InChI=1S/C13H17NO4/c1-8-3-4-9(2)10(5-8)6-12(16)14-7-11(15)13(17)18/h3-5,11,15H,6-7H2,1-2H3,(H,14,16)(H,17,18). The van der Waals surface area contributed by atoms with E-state index < -0.39 is 12.1 Å². The quantitative estimate of drug-likeness (QED) is 0.707. The van der Waals surface area contributed by atoms with Gasteiger partial charge in [0.1, 0.15) is 0 Å². The third-order valence-corrected chi connectivity index (χ3v) is 2.63. The van der Waals surface area contributed by atoms with Crippen molar-refractivity contribution in [3.63, 3.8) is 0 Å². The normalized spacial score (nSPS) is 11.9. The SMILES string of the molecule is Cc1ccc(C)c(CC(=O)NCC(O)C(=O)O)c1. The third-order valence-electron chi connectivity index (χ3n) is 2.63. The molecule has 1 aromatic carbocycles.